The van der Waals surface area contributed by atoms with Crippen LogP contribution < -0.4 is 5.32 Å². The molecule has 0 bridgehead atoms. The quantitative estimate of drug-likeness (QED) is 0.616. The van der Waals surface area contributed by atoms with Crippen LogP contribution in [0.3, 0.4) is 0 Å². The number of aryl methyl sites for hydroxylation is 1. The van der Waals surface area contributed by atoms with Crippen molar-refractivity contribution in [3.63, 3.8) is 0 Å². The van der Waals surface area contributed by atoms with Gasteiger partial charge in [-0.2, -0.15) is 5.10 Å². The summed E-state index contributed by atoms with van der Waals surface area (Å²) in [5, 5.41) is 11.1. The number of nitrogens with one attached hydrogen (secondary N) is 1. The Morgan fingerprint density at radius 1 is 1.24 bits per heavy atom. The molecule has 0 saturated heterocycles. The fourth-order valence-corrected chi connectivity index (χ4v) is 2.58. The first kappa shape index (κ1) is 15.0. The van der Waals surface area contributed by atoms with Crippen molar-refractivity contribution in [1.29, 1.82) is 0 Å². The predicted molar refractivity (Wildman–Crippen MR) is 91.2 cm³/mol. The molecule has 25 heavy (non-hydrogen) atoms. The molecule has 0 fully saturated rings. The zero-order valence-corrected chi connectivity index (χ0v) is 13.5. The first-order valence-electron chi connectivity index (χ1n) is 7.74. The molecule has 0 unspecified atom stereocenters. The number of hydrogen-bond donors (Lipinski definition) is 1. The van der Waals surface area contributed by atoms with Gasteiger partial charge in [0, 0.05) is 12.4 Å². The Bertz CT molecular complexity index is 1050. The van der Waals surface area contributed by atoms with Crippen LogP contribution in [-0.4, -0.2) is 35.3 Å². The van der Waals surface area contributed by atoms with Gasteiger partial charge in [0.05, 0.1) is 12.7 Å². The van der Waals surface area contributed by atoms with E-state index in [4.69, 9.17) is 0 Å². The molecule has 4 aromatic rings. The molecule has 3 aromatic heterocycles. The van der Waals surface area contributed by atoms with Crippen molar-refractivity contribution in [2.45, 2.75) is 13.5 Å². The highest BCUT2D eigenvalue weighted by atomic mass is 16.1. The van der Waals surface area contributed by atoms with Crippen LogP contribution in [0.25, 0.3) is 5.65 Å². The van der Waals surface area contributed by atoms with Crippen molar-refractivity contribution in [3.8, 4) is 0 Å². The molecule has 0 aliphatic carbocycles. The monoisotopic (exact) mass is 333 g/mol. The Labute approximate surface area is 143 Å². The second-order valence-corrected chi connectivity index (χ2v) is 5.66. The average molecular weight is 333 g/mol. The molecular weight excluding hydrogens is 318 g/mol. The van der Waals surface area contributed by atoms with E-state index in [2.05, 4.69) is 31.5 Å². The zero-order valence-electron chi connectivity index (χ0n) is 13.5. The summed E-state index contributed by atoms with van der Waals surface area (Å²) in [7, 11) is 0. The summed E-state index contributed by atoms with van der Waals surface area (Å²) in [5.41, 5.74) is 3.16. The number of aromatic nitrogens is 6. The van der Waals surface area contributed by atoms with E-state index in [1.807, 2.05) is 25.1 Å². The van der Waals surface area contributed by atoms with Crippen molar-refractivity contribution >= 4 is 17.5 Å². The van der Waals surface area contributed by atoms with E-state index in [0.29, 0.717) is 17.8 Å². The van der Waals surface area contributed by atoms with E-state index in [1.54, 1.807) is 34.0 Å². The maximum Gasteiger partial charge on any atom is 0.263 e. The largest absolute Gasteiger partial charge is 0.289 e. The lowest BCUT2D eigenvalue weighted by Gasteiger charge is -2.02. The summed E-state index contributed by atoms with van der Waals surface area (Å²) < 4.78 is 3.22. The summed E-state index contributed by atoms with van der Waals surface area (Å²) in [4.78, 5) is 20.7. The minimum Gasteiger partial charge on any atom is -0.289 e. The molecule has 3 heterocycles. The van der Waals surface area contributed by atoms with Crippen LogP contribution in [0.5, 0.6) is 0 Å². The number of benzene rings is 1. The van der Waals surface area contributed by atoms with E-state index in [-0.39, 0.29) is 11.9 Å². The lowest BCUT2D eigenvalue weighted by molar-refractivity contribution is 0.102. The van der Waals surface area contributed by atoms with Crippen molar-refractivity contribution in [2.75, 3.05) is 5.32 Å². The molecule has 0 aliphatic rings. The number of rotatable bonds is 4. The van der Waals surface area contributed by atoms with Crippen LogP contribution in [0.4, 0.5) is 5.95 Å². The number of hydrogen-bond acceptors (Lipinski definition) is 5. The van der Waals surface area contributed by atoms with E-state index in [9.17, 15) is 4.79 Å². The maximum absolute atomic E-state index is 12.4. The van der Waals surface area contributed by atoms with Crippen molar-refractivity contribution < 1.29 is 4.79 Å². The third kappa shape index (κ3) is 3.09. The van der Waals surface area contributed by atoms with Gasteiger partial charge in [-0.05, 0) is 18.6 Å². The third-order valence-electron chi connectivity index (χ3n) is 3.71. The summed E-state index contributed by atoms with van der Waals surface area (Å²) in [5.74, 6) is -0.102. The normalized spacial score (nSPS) is 10.9. The van der Waals surface area contributed by atoms with Gasteiger partial charge in [-0.1, -0.05) is 29.8 Å². The topological polar surface area (TPSA) is 90.0 Å². The molecule has 0 spiro atoms. The number of amides is 1. The Morgan fingerprint density at radius 3 is 3.04 bits per heavy atom. The van der Waals surface area contributed by atoms with Crippen LogP contribution in [0, 0.1) is 6.92 Å². The summed E-state index contributed by atoms with van der Waals surface area (Å²) >= 11 is 0. The lowest BCUT2D eigenvalue weighted by Crippen LogP contribution is -2.13. The average Bonchev–Trinajstić information content (AvgIpc) is 3.21. The summed E-state index contributed by atoms with van der Waals surface area (Å²) in [6.45, 7) is 2.63. The Morgan fingerprint density at radius 2 is 2.16 bits per heavy atom. The Hall–Kier alpha value is -3.55. The predicted octanol–water partition coefficient (Wildman–Crippen LogP) is 1.93. The van der Waals surface area contributed by atoms with E-state index < -0.39 is 0 Å². The number of carbonyl (C=O) groups is 1. The highest BCUT2D eigenvalue weighted by Gasteiger charge is 2.15. The summed E-state index contributed by atoms with van der Waals surface area (Å²) in [6.07, 6.45) is 6.41. The molecule has 8 nitrogen and oxygen atoms in total. The number of nitrogens with zero attached hydrogens (tertiary/aromatic N) is 6. The van der Waals surface area contributed by atoms with Crippen LogP contribution in [0.2, 0.25) is 0 Å². The molecule has 124 valence electrons. The van der Waals surface area contributed by atoms with E-state index in [0.717, 1.165) is 5.56 Å². The van der Waals surface area contributed by atoms with Gasteiger partial charge < -0.3 is 0 Å². The number of anilines is 1. The molecule has 4 rings (SSSR count). The summed E-state index contributed by atoms with van der Waals surface area (Å²) in [6, 6.07) is 9.90. The number of carbonyl (C=O) groups excluding carboxylic acids is 1. The Balaban J connectivity index is 1.50. The van der Waals surface area contributed by atoms with Crippen LogP contribution in [0.15, 0.2) is 55.2 Å². The molecule has 1 N–H and O–H groups in total. The molecule has 0 saturated carbocycles. The minimum absolute atomic E-state index is 0.243. The van der Waals surface area contributed by atoms with Crippen molar-refractivity contribution in [3.05, 3.63) is 71.9 Å². The van der Waals surface area contributed by atoms with Gasteiger partial charge in [-0.15, -0.1) is 5.10 Å². The van der Waals surface area contributed by atoms with E-state index >= 15 is 0 Å². The van der Waals surface area contributed by atoms with Crippen LogP contribution >= 0.6 is 0 Å². The lowest BCUT2D eigenvalue weighted by atomic mass is 10.1. The second-order valence-electron chi connectivity index (χ2n) is 5.66. The molecule has 1 aromatic carbocycles. The van der Waals surface area contributed by atoms with Gasteiger partial charge in [0.2, 0.25) is 5.95 Å². The zero-order chi connectivity index (χ0) is 17.2. The molecular formula is C17H15N7O. The highest BCUT2D eigenvalue weighted by molar-refractivity contribution is 6.07. The van der Waals surface area contributed by atoms with Crippen molar-refractivity contribution in [2.24, 2.45) is 0 Å². The van der Waals surface area contributed by atoms with Gasteiger partial charge in [0.25, 0.3) is 5.91 Å². The van der Waals surface area contributed by atoms with Gasteiger partial charge in [-0.3, -0.25) is 10.1 Å². The third-order valence-corrected chi connectivity index (χ3v) is 3.71. The molecule has 0 aliphatic heterocycles. The first-order chi connectivity index (χ1) is 12.2. The SMILES string of the molecule is Cc1cccc(Cn2cnc(NC(=O)c3cnn4cccnc34)n2)c1. The smallest absolute Gasteiger partial charge is 0.263 e. The minimum atomic E-state index is -0.345. The van der Waals surface area contributed by atoms with Crippen LogP contribution in [0.1, 0.15) is 21.5 Å². The second kappa shape index (κ2) is 6.16. The fourth-order valence-electron chi connectivity index (χ4n) is 2.58. The van der Waals surface area contributed by atoms with Gasteiger partial charge in [0.15, 0.2) is 5.65 Å². The van der Waals surface area contributed by atoms with Gasteiger partial charge in [0.1, 0.15) is 11.9 Å². The fraction of sp³-hybridized carbons (Fsp3) is 0.118. The van der Waals surface area contributed by atoms with Gasteiger partial charge >= 0.3 is 0 Å². The van der Waals surface area contributed by atoms with Crippen LogP contribution in [-0.2, 0) is 6.54 Å². The molecule has 8 heteroatoms. The van der Waals surface area contributed by atoms with Gasteiger partial charge in [-0.25, -0.2) is 19.2 Å². The number of fused-ring (bicyclic) bond motifs is 1. The molecule has 1 amide bonds. The molecule has 0 atom stereocenters. The maximum atomic E-state index is 12.4. The van der Waals surface area contributed by atoms with Crippen molar-refractivity contribution in [1.82, 2.24) is 29.4 Å². The van der Waals surface area contributed by atoms with E-state index in [1.165, 1.54) is 11.8 Å². The first-order valence-corrected chi connectivity index (χ1v) is 7.74. The Kier molecular flexibility index (Phi) is 3.70. The highest BCUT2D eigenvalue weighted by Crippen LogP contribution is 2.10. The standard InChI is InChI=1S/C17H15N7O/c1-12-4-2-5-13(8-12)10-23-11-19-17(22-23)21-16(25)14-9-20-24-7-3-6-18-15(14)24/h2-9,11H,10H2,1H3,(H,21,22,25). The molecule has 0 radical (unpaired) electrons.